The van der Waals surface area contributed by atoms with Gasteiger partial charge in [0.05, 0.1) is 6.61 Å². The molecule has 0 bridgehead atoms. The number of hydrogen-bond donors (Lipinski definition) is 0. The van der Waals surface area contributed by atoms with E-state index in [4.69, 9.17) is 9.15 Å². The van der Waals surface area contributed by atoms with Crippen LogP contribution >= 0.6 is 0 Å². The third kappa shape index (κ3) is 3.98. The van der Waals surface area contributed by atoms with Crippen LogP contribution < -0.4 is 4.74 Å². The fourth-order valence-electron chi connectivity index (χ4n) is 2.01. The molecule has 1 heterocycles. The molecule has 2 aromatic rings. The first-order valence-electron chi connectivity index (χ1n) is 7.11. The van der Waals surface area contributed by atoms with Crippen LogP contribution in [0.4, 0.5) is 0 Å². The molecule has 3 heteroatoms. The van der Waals surface area contributed by atoms with Crippen LogP contribution in [-0.2, 0) is 0 Å². The highest BCUT2D eigenvalue weighted by Crippen LogP contribution is 2.24. The standard InChI is InChI=1S/C17H20O3/c1-2-3-4-5-12-19-15-8-6-14(7-9-15)17-11-10-16(13-18)20-17/h6-11,13H,2-5,12H2,1H3. The van der Waals surface area contributed by atoms with Crippen molar-refractivity contribution < 1.29 is 13.9 Å². The molecule has 0 saturated carbocycles. The van der Waals surface area contributed by atoms with Gasteiger partial charge in [-0.25, -0.2) is 0 Å². The number of carbonyl (C=O) groups excluding carboxylic acids is 1. The lowest BCUT2D eigenvalue weighted by atomic mass is 10.2. The van der Waals surface area contributed by atoms with Crippen molar-refractivity contribution in [3.63, 3.8) is 0 Å². The molecule has 0 spiro atoms. The zero-order valence-electron chi connectivity index (χ0n) is 11.8. The molecule has 1 aromatic heterocycles. The average molecular weight is 272 g/mol. The number of rotatable bonds is 8. The Morgan fingerprint density at radius 3 is 2.50 bits per heavy atom. The van der Waals surface area contributed by atoms with E-state index >= 15 is 0 Å². The van der Waals surface area contributed by atoms with Crippen LogP contribution in [0.15, 0.2) is 40.8 Å². The number of benzene rings is 1. The van der Waals surface area contributed by atoms with Crippen molar-refractivity contribution in [3.05, 3.63) is 42.2 Å². The predicted molar refractivity (Wildman–Crippen MR) is 79.2 cm³/mol. The summed E-state index contributed by atoms with van der Waals surface area (Å²) >= 11 is 0. The fourth-order valence-corrected chi connectivity index (χ4v) is 2.01. The molecule has 0 atom stereocenters. The van der Waals surface area contributed by atoms with E-state index in [0.717, 1.165) is 24.3 Å². The number of furan rings is 1. The van der Waals surface area contributed by atoms with Crippen LogP contribution in [-0.4, -0.2) is 12.9 Å². The lowest BCUT2D eigenvalue weighted by Gasteiger charge is -2.06. The number of aldehydes is 1. The first-order valence-corrected chi connectivity index (χ1v) is 7.11. The van der Waals surface area contributed by atoms with Gasteiger partial charge in [0.15, 0.2) is 12.0 Å². The zero-order valence-corrected chi connectivity index (χ0v) is 11.8. The van der Waals surface area contributed by atoms with Crippen molar-refractivity contribution in [3.8, 4) is 17.1 Å². The smallest absolute Gasteiger partial charge is 0.185 e. The third-order valence-corrected chi connectivity index (χ3v) is 3.15. The van der Waals surface area contributed by atoms with Crippen molar-refractivity contribution in [2.45, 2.75) is 32.6 Å². The first-order chi connectivity index (χ1) is 9.83. The van der Waals surface area contributed by atoms with Crippen LogP contribution in [0.1, 0.15) is 43.2 Å². The number of unbranched alkanes of at least 4 members (excludes halogenated alkanes) is 3. The number of ether oxygens (including phenoxy) is 1. The van der Waals surface area contributed by atoms with Crippen molar-refractivity contribution in [1.29, 1.82) is 0 Å². The van der Waals surface area contributed by atoms with Gasteiger partial charge in [0.1, 0.15) is 11.5 Å². The maximum absolute atomic E-state index is 10.6. The lowest BCUT2D eigenvalue weighted by molar-refractivity contribution is 0.110. The Hall–Kier alpha value is -2.03. The molecule has 20 heavy (non-hydrogen) atoms. The third-order valence-electron chi connectivity index (χ3n) is 3.15. The van der Waals surface area contributed by atoms with E-state index in [1.165, 1.54) is 19.3 Å². The molecule has 0 unspecified atom stereocenters. The fraction of sp³-hybridized carbons (Fsp3) is 0.353. The molecule has 0 aliphatic heterocycles. The van der Waals surface area contributed by atoms with E-state index in [2.05, 4.69) is 6.92 Å². The first kappa shape index (κ1) is 14.4. The Balaban J connectivity index is 1.87. The summed E-state index contributed by atoms with van der Waals surface area (Å²) < 4.78 is 11.1. The Morgan fingerprint density at radius 2 is 1.85 bits per heavy atom. The molecule has 106 valence electrons. The van der Waals surface area contributed by atoms with Gasteiger partial charge in [-0.3, -0.25) is 4.79 Å². The predicted octanol–water partition coefficient (Wildman–Crippen LogP) is 4.72. The molecule has 0 aliphatic carbocycles. The molecule has 0 saturated heterocycles. The molecule has 0 fully saturated rings. The van der Waals surface area contributed by atoms with Crippen LogP contribution in [0, 0.1) is 0 Å². The Morgan fingerprint density at radius 1 is 1.05 bits per heavy atom. The van der Waals surface area contributed by atoms with Crippen molar-refractivity contribution >= 4 is 6.29 Å². The highest BCUT2D eigenvalue weighted by atomic mass is 16.5. The summed E-state index contributed by atoms with van der Waals surface area (Å²) in [6, 6.07) is 11.2. The minimum atomic E-state index is 0.344. The van der Waals surface area contributed by atoms with Gasteiger partial charge in [-0.2, -0.15) is 0 Å². The second-order valence-corrected chi connectivity index (χ2v) is 4.75. The monoisotopic (exact) mass is 272 g/mol. The zero-order chi connectivity index (χ0) is 14.2. The largest absolute Gasteiger partial charge is 0.494 e. The topological polar surface area (TPSA) is 39.4 Å². The van der Waals surface area contributed by atoms with E-state index < -0.39 is 0 Å². The summed E-state index contributed by atoms with van der Waals surface area (Å²) in [4.78, 5) is 10.6. The normalized spacial score (nSPS) is 10.4. The van der Waals surface area contributed by atoms with Gasteiger partial charge in [-0.1, -0.05) is 26.2 Å². The summed E-state index contributed by atoms with van der Waals surface area (Å²) in [6.45, 7) is 2.96. The Labute approximate surface area is 119 Å². The summed E-state index contributed by atoms with van der Waals surface area (Å²) in [5, 5.41) is 0. The SMILES string of the molecule is CCCCCCOc1ccc(-c2ccc(C=O)o2)cc1. The average Bonchev–Trinajstić information content (AvgIpc) is 2.97. The van der Waals surface area contributed by atoms with Crippen LogP contribution in [0.5, 0.6) is 5.75 Å². The van der Waals surface area contributed by atoms with Gasteiger partial charge in [-0.05, 0) is 42.8 Å². The quantitative estimate of drug-likeness (QED) is 0.515. The second kappa shape index (κ2) is 7.53. The maximum atomic E-state index is 10.6. The van der Waals surface area contributed by atoms with Crippen molar-refractivity contribution in [2.24, 2.45) is 0 Å². The highest BCUT2D eigenvalue weighted by molar-refractivity contribution is 5.72. The molecular weight excluding hydrogens is 252 g/mol. The van der Waals surface area contributed by atoms with E-state index in [1.807, 2.05) is 24.3 Å². The molecule has 0 N–H and O–H groups in total. The van der Waals surface area contributed by atoms with Crippen LogP contribution in [0.25, 0.3) is 11.3 Å². The van der Waals surface area contributed by atoms with Gasteiger partial charge in [0.25, 0.3) is 0 Å². The van der Waals surface area contributed by atoms with Gasteiger partial charge in [-0.15, -0.1) is 0 Å². The molecule has 2 rings (SSSR count). The highest BCUT2D eigenvalue weighted by Gasteiger charge is 2.04. The van der Waals surface area contributed by atoms with E-state index in [1.54, 1.807) is 12.1 Å². The maximum Gasteiger partial charge on any atom is 0.185 e. The summed E-state index contributed by atoms with van der Waals surface area (Å²) in [5.41, 5.74) is 0.941. The lowest BCUT2D eigenvalue weighted by Crippen LogP contribution is -1.96. The van der Waals surface area contributed by atoms with Crippen LogP contribution in [0.3, 0.4) is 0 Å². The molecule has 1 aromatic carbocycles. The van der Waals surface area contributed by atoms with Gasteiger partial charge < -0.3 is 9.15 Å². The van der Waals surface area contributed by atoms with Gasteiger partial charge in [0, 0.05) is 5.56 Å². The van der Waals surface area contributed by atoms with Gasteiger partial charge in [0.2, 0.25) is 0 Å². The van der Waals surface area contributed by atoms with Gasteiger partial charge >= 0.3 is 0 Å². The van der Waals surface area contributed by atoms with Crippen LogP contribution in [0.2, 0.25) is 0 Å². The summed E-state index contributed by atoms with van der Waals surface area (Å²) in [6.07, 6.45) is 5.52. The minimum absolute atomic E-state index is 0.344. The van der Waals surface area contributed by atoms with E-state index in [-0.39, 0.29) is 0 Å². The molecule has 0 aliphatic rings. The second-order valence-electron chi connectivity index (χ2n) is 4.75. The Bertz CT molecular complexity index is 525. The molecule has 0 amide bonds. The van der Waals surface area contributed by atoms with E-state index in [0.29, 0.717) is 17.8 Å². The molecular formula is C17H20O3. The van der Waals surface area contributed by atoms with Crippen molar-refractivity contribution in [1.82, 2.24) is 0 Å². The summed E-state index contributed by atoms with van der Waals surface area (Å²) in [7, 11) is 0. The summed E-state index contributed by atoms with van der Waals surface area (Å²) in [5.74, 6) is 1.91. The Kier molecular flexibility index (Phi) is 5.42. The molecule has 0 radical (unpaired) electrons. The van der Waals surface area contributed by atoms with E-state index in [9.17, 15) is 4.79 Å². The number of hydrogen-bond acceptors (Lipinski definition) is 3. The molecule has 3 nitrogen and oxygen atoms in total. The number of carbonyl (C=O) groups is 1. The minimum Gasteiger partial charge on any atom is -0.494 e. The van der Waals surface area contributed by atoms with Crippen molar-refractivity contribution in [2.75, 3.05) is 6.61 Å².